The van der Waals surface area contributed by atoms with Crippen LogP contribution >= 0.6 is 0 Å². The molecule has 2 aromatic heterocycles. The molecule has 1 saturated carbocycles. The molecule has 3 heterocycles. The molecule has 2 aliphatic rings. The van der Waals surface area contributed by atoms with E-state index in [9.17, 15) is 14.0 Å². The Kier molecular flexibility index (Phi) is 6.82. The number of carbonyl (C=O) groups is 1. The van der Waals surface area contributed by atoms with Gasteiger partial charge >= 0.3 is 0 Å². The summed E-state index contributed by atoms with van der Waals surface area (Å²) in [5, 5.41) is 0.151. The van der Waals surface area contributed by atoms with E-state index in [1.165, 1.54) is 44.2 Å². The molecule has 10 heteroatoms. The first kappa shape index (κ1) is 25.5. The van der Waals surface area contributed by atoms with Gasteiger partial charge in [0.05, 0.1) is 34.2 Å². The van der Waals surface area contributed by atoms with Crippen molar-refractivity contribution < 1.29 is 9.18 Å². The maximum absolute atomic E-state index is 14.5. The highest BCUT2D eigenvalue weighted by Crippen LogP contribution is 2.31. The highest BCUT2D eigenvalue weighted by Gasteiger charge is 2.27. The number of hydrogen-bond donors (Lipinski definition) is 3. The Bertz CT molecular complexity index is 1580. The summed E-state index contributed by atoms with van der Waals surface area (Å²) < 4.78 is 14.5. The number of nitrogen functional groups attached to an aromatic ring is 1. The predicted octanol–water partition coefficient (Wildman–Crippen LogP) is 3.71. The zero-order valence-corrected chi connectivity index (χ0v) is 22.2. The van der Waals surface area contributed by atoms with Gasteiger partial charge in [0.1, 0.15) is 17.2 Å². The summed E-state index contributed by atoms with van der Waals surface area (Å²) in [6.07, 6.45) is 6.64. The number of hydrogen-bond acceptors (Lipinski definition) is 6. The molecule has 4 aromatic rings. The minimum atomic E-state index is -0.517. The number of nitrogens with two attached hydrogens (primary N) is 1. The highest BCUT2D eigenvalue weighted by atomic mass is 19.1. The smallest absolute Gasteiger partial charge is 0.261 e. The number of aromatic amines is 2. The Morgan fingerprint density at radius 2 is 1.85 bits per heavy atom. The van der Waals surface area contributed by atoms with Gasteiger partial charge in [0.2, 0.25) is 5.91 Å². The van der Waals surface area contributed by atoms with Gasteiger partial charge < -0.3 is 20.6 Å². The van der Waals surface area contributed by atoms with E-state index in [2.05, 4.69) is 24.8 Å². The lowest BCUT2D eigenvalue weighted by molar-refractivity contribution is -0.120. The summed E-state index contributed by atoms with van der Waals surface area (Å²) in [5.41, 5.74) is 8.22. The third kappa shape index (κ3) is 4.90. The number of rotatable bonds is 5. The van der Waals surface area contributed by atoms with Gasteiger partial charge in [-0.25, -0.2) is 9.37 Å². The van der Waals surface area contributed by atoms with E-state index in [4.69, 9.17) is 5.73 Å². The zero-order valence-electron chi connectivity index (χ0n) is 22.2. The summed E-state index contributed by atoms with van der Waals surface area (Å²) in [4.78, 5) is 42.8. The molecule has 0 unspecified atom stereocenters. The number of amides is 1. The average Bonchev–Trinajstić information content (AvgIpc) is 3.36. The quantitative estimate of drug-likeness (QED) is 0.362. The SMILES string of the molecule is CN(C(=O)CN1CCN(C2CCCCC2)CC1)c1ccc2nc(-c3c(N)c4c(F)cccc4[nH]c3=O)[nH]c2c1. The summed E-state index contributed by atoms with van der Waals surface area (Å²) >= 11 is 0. The van der Waals surface area contributed by atoms with Gasteiger partial charge in [0, 0.05) is 45.0 Å². The molecule has 4 N–H and O–H groups in total. The number of likely N-dealkylation sites (N-methyl/N-ethyl adjacent to an activating group) is 1. The number of benzene rings is 2. The van der Waals surface area contributed by atoms with Gasteiger partial charge in [0.25, 0.3) is 5.56 Å². The molecule has 39 heavy (non-hydrogen) atoms. The van der Waals surface area contributed by atoms with E-state index in [1.54, 1.807) is 24.1 Å². The van der Waals surface area contributed by atoms with Crippen molar-refractivity contribution >= 4 is 39.2 Å². The molecular weight excluding hydrogens is 497 g/mol. The Morgan fingerprint density at radius 3 is 2.62 bits per heavy atom. The standard InChI is InChI=1S/C29H34FN7O2/c1-35(24(38)17-36-12-14-37(15-13-36)18-6-3-2-4-7-18)19-10-11-21-23(16-19)33-28(32-21)26-27(31)25-20(30)8-5-9-22(25)34-29(26)39/h5,8-11,16,18H,2-4,6-7,12-15,17H2,1H3,(H,32,33)(H3,31,34,39). The largest absolute Gasteiger partial charge is 0.397 e. The van der Waals surface area contributed by atoms with Crippen molar-refractivity contribution in [1.82, 2.24) is 24.8 Å². The Labute approximate surface area is 225 Å². The summed E-state index contributed by atoms with van der Waals surface area (Å²) in [6, 6.07) is 10.6. The van der Waals surface area contributed by atoms with Crippen molar-refractivity contribution in [3.63, 3.8) is 0 Å². The normalized spacial score (nSPS) is 17.7. The van der Waals surface area contributed by atoms with E-state index in [0.29, 0.717) is 29.1 Å². The molecule has 1 amide bonds. The third-order valence-corrected chi connectivity index (χ3v) is 8.35. The lowest BCUT2D eigenvalue weighted by Crippen LogP contribution is -2.52. The van der Waals surface area contributed by atoms with Crippen LogP contribution in [0.15, 0.2) is 41.2 Å². The van der Waals surface area contributed by atoms with Crippen LogP contribution in [-0.4, -0.2) is 76.5 Å². The molecule has 0 atom stereocenters. The molecule has 6 rings (SSSR count). The second-order valence-corrected chi connectivity index (χ2v) is 10.7. The van der Waals surface area contributed by atoms with E-state index in [0.717, 1.165) is 31.9 Å². The number of nitrogens with one attached hydrogen (secondary N) is 2. The van der Waals surface area contributed by atoms with Crippen LogP contribution in [0, 0.1) is 5.82 Å². The van der Waals surface area contributed by atoms with Crippen LogP contribution in [0.1, 0.15) is 32.1 Å². The molecular formula is C29H34FN7O2. The van der Waals surface area contributed by atoms with E-state index >= 15 is 0 Å². The minimum Gasteiger partial charge on any atom is -0.397 e. The third-order valence-electron chi connectivity index (χ3n) is 8.35. The van der Waals surface area contributed by atoms with Crippen molar-refractivity contribution in [1.29, 1.82) is 0 Å². The van der Waals surface area contributed by atoms with Gasteiger partial charge in [-0.15, -0.1) is 0 Å². The number of imidazole rings is 1. The fourth-order valence-electron chi connectivity index (χ4n) is 6.07. The number of nitrogens with zero attached hydrogens (tertiary/aromatic N) is 4. The summed E-state index contributed by atoms with van der Waals surface area (Å²) in [6.45, 7) is 4.22. The average molecular weight is 532 g/mol. The van der Waals surface area contributed by atoms with Crippen molar-refractivity contribution in [3.05, 3.63) is 52.6 Å². The van der Waals surface area contributed by atoms with Crippen molar-refractivity contribution in [2.45, 2.75) is 38.1 Å². The number of halogens is 1. The first-order valence-corrected chi connectivity index (χ1v) is 13.7. The van der Waals surface area contributed by atoms with E-state index in [-0.39, 0.29) is 28.4 Å². The van der Waals surface area contributed by atoms with Gasteiger partial charge in [-0.1, -0.05) is 25.3 Å². The molecule has 1 aliphatic heterocycles. The second-order valence-electron chi connectivity index (χ2n) is 10.7. The Balaban J connectivity index is 1.17. The number of anilines is 2. The molecule has 1 saturated heterocycles. The lowest BCUT2D eigenvalue weighted by Gasteiger charge is -2.40. The molecule has 1 aliphatic carbocycles. The summed E-state index contributed by atoms with van der Waals surface area (Å²) in [5.74, 6) is -0.252. The van der Waals surface area contributed by atoms with E-state index in [1.807, 2.05) is 12.1 Å². The first-order valence-electron chi connectivity index (χ1n) is 13.7. The number of aromatic nitrogens is 3. The Hall–Kier alpha value is -3.76. The fraction of sp³-hybridized carbons (Fsp3) is 0.414. The second kappa shape index (κ2) is 10.4. The maximum Gasteiger partial charge on any atom is 0.261 e. The van der Waals surface area contributed by atoms with Crippen LogP contribution in [0.4, 0.5) is 15.8 Å². The number of fused-ring (bicyclic) bond motifs is 2. The van der Waals surface area contributed by atoms with Crippen LogP contribution in [-0.2, 0) is 4.79 Å². The molecule has 0 radical (unpaired) electrons. The van der Waals surface area contributed by atoms with Gasteiger partial charge in [-0.2, -0.15) is 0 Å². The number of H-pyrrole nitrogens is 2. The van der Waals surface area contributed by atoms with Gasteiger partial charge in [-0.05, 0) is 43.2 Å². The molecule has 9 nitrogen and oxygen atoms in total. The lowest BCUT2D eigenvalue weighted by atomic mass is 9.94. The van der Waals surface area contributed by atoms with Crippen LogP contribution < -0.4 is 16.2 Å². The summed E-state index contributed by atoms with van der Waals surface area (Å²) in [7, 11) is 1.77. The van der Waals surface area contributed by atoms with Crippen molar-refractivity contribution in [2.75, 3.05) is 50.4 Å². The van der Waals surface area contributed by atoms with Gasteiger partial charge in [0.15, 0.2) is 0 Å². The van der Waals surface area contributed by atoms with Crippen LogP contribution in [0.3, 0.4) is 0 Å². The monoisotopic (exact) mass is 531 g/mol. The number of piperazine rings is 1. The number of carbonyl (C=O) groups excluding carboxylic acids is 1. The van der Waals surface area contributed by atoms with Crippen molar-refractivity contribution in [2.24, 2.45) is 0 Å². The fourth-order valence-corrected chi connectivity index (χ4v) is 6.07. The maximum atomic E-state index is 14.5. The van der Waals surface area contributed by atoms with Crippen LogP contribution in [0.25, 0.3) is 33.3 Å². The molecule has 2 fully saturated rings. The topological polar surface area (TPSA) is 114 Å². The highest BCUT2D eigenvalue weighted by molar-refractivity contribution is 5.99. The molecule has 204 valence electrons. The molecule has 0 bridgehead atoms. The van der Waals surface area contributed by atoms with Crippen LogP contribution in [0.5, 0.6) is 0 Å². The molecule has 2 aromatic carbocycles. The Morgan fingerprint density at radius 1 is 1.08 bits per heavy atom. The minimum absolute atomic E-state index is 0.0194. The number of pyridine rings is 1. The van der Waals surface area contributed by atoms with Gasteiger partial charge in [-0.3, -0.25) is 19.4 Å². The zero-order chi connectivity index (χ0) is 27.1. The predicted molar refractivity (Wildman–Crippen MR) is 152 cm³/mol. The van der Waals surface area contributed by atoms with E-state index < -0.39 is 11.4 Å². The first-order chi connectivity index (χ1) is 18.9. The molecule has 0 spiro atoms. The van der Waals surface area contributed by atoms with Crippen molar-refractivity contribution in [3.8, 4) is 11.4 Å². The van der Waals surface area contributed by atoms with Crippen LogP contribution in [0.2, 0.25) is 0 Å².